The molecule has 1 fully saturated rings. The van der Waals surface area contributed by atoms with Crippen LogP contribution in [-0.2, 0) is 6.54 Å². The van der Waals surface area contributed by atoms with Crippen molar-refractivity contribution in [3.63, 3.8) is 0 Å². The van der Waals surface area contributed by atoms with Gasteiger partial charge in [0.1, 0.15) is 0 Å². The second-order valence-corrected chi connectivity index (χ2v) is 7.56. The number of hydrogen-bond donors (Lipinski definition) is 2. The quantitative estimate of drug-likeness (QED) is 0.207. The lowest BCUT2D eigenvalue weighted by molar-refractivity contribution is 0.182. The molecule has 1 unspecified atom stereocenters. The van der Waals surface area contributed by atoms with Gasteiger partial charge in [-0.05, 0) is 62.9 Å². The van der Waals surface area contributed by atoms with Crippen LogP contribution in [0.4, 0.5) is 0 Å². The van der Waals surface area contributed by atoms with Crippen molar-refractivity contribution in [2.75, 3.05) is 54.1 Å². The molecule has 8 heteroatoms. The summed E-state index contributed by atoms with van der Waals surface area (Å²) in [4.78, 5) is 7.29. The fraction of sp³-hybridized carbons (Fsp3) is 0.682. The highest BCUT2D eigenvalue weighted by atomic mass is 127. The van der Waals surface area contributed by atoms with E-state index in [2.05, 4.69) is 29.4 Å². The molecule has 1 aliphatic rings. The average Bonchev–Trinajstić information content (AvgIpc) is 2.74. The van der Waals surface area contributed by atoms with Gasteiger partial charge in [-0.3, -0.25) is 0 Å². The Morgan fingerprint density at radius 3 is 2.40 bits per heavy atom. The first-order chi connectivity index (χ1) is 14.1. The Balaban J connectivity index is 0.00000450. The number of hydrogen-bond acceptors (Lipinski definition) is 5. The van der Waals surface area contributed by atoms with Gasteiger partial charge in [-0.1, -0.05) is 6.92 Å². The summed E-state index contributed by atoms with van der Waals surface area (Å²) in [5.74, 6) is 3.54. The molecule has 2 rings (SSSR count). The second-order valence-electron chi connectivity index (χ2n) is 7.56. The number of piperidine rings is 1. The third-order valence-corrected chi connectivity index (χ3v) is 5.17. The van der Waals surface area contributed by atoms with Crippen LogP contribution < -0.4 is 24.8 Å². The van der Waals surface area contributed by atoms with E-state index >= 15 is 0 Å². The molecule has 7 nitrogen and oxygen atoms in total. The summed E-state index contributed by atoms with van der Waals surface area (Å²) in [5.41, 5.74) is 0.999. The van der Waals surface area contributed by atoms with Gasteiger partial charge in [-0.2, -0.15) is 0 Å². The monoisotopic (exact) mass is 534 g/mol. The number of ether oxygens (including phenoxy) is 3. The van der Waals surface area contributed by atoms with Crippen molar-refractivity contribution in [2.24, 2.45) is 10.9 Å². The van der Waals surface area contributed by atoms with Crippen LogP contribution in [-0.4, -0.2) is 64.9 Å². The van der Waals surface area contributed by atoms with Gasteiger partial charge in [0.25, 0.3) is 0 Å². The zero-order valence-electron chi connectivity index (χ0n) is 19.1. The van der Waals surface area contributed by atoms with Crippen molar-refractivity contribution in [1.29, 1.82) is 0 Å². The van der Waals surface area contributed by atoms with E-state index in [1.807, 2.05) is 12.1 Å². The lowest BCUT2D eigenvalue weighted by Crippen LogP contribution is -2.40. The third-order valence-electron chi connectivity index (χ3n) is 5.17. The van der Waals surface area contributed by atoms with Gasteiger partial charge in [0.05, 0.1) is 27.9 Å². The maximum absolute atomic E-state index is 5.43. The Bertz CT molecular complexity index is 632. The fourth-order valence-electron chi connectivity index (χ4n) is 3.74. The molecule has 0 spiro atoms. The number of aliphatic imine (C=N–C) groups is 1. The second kappa shape index (κ2) is 14.6. The Morgan fingerprint density at radius 2 is 1.83 bits per heavy atom. The standard InChI is InChI=1S/C22H38N4O3.HI/c1-6-23-22(24-10-8-12-26-11-7-9-17(2)16-26)25-15-18-13-19(27-3)21(29-5)20(14-18)28-4;/h13-14,17H,6-12,15-16H2,1-5H3,(H2,23,24,25);1H. The Hall–Kier alpha value is -1.42. The van der Waals surface area contributed by atoms with Crippen molar-refractivity contribution in [3.8, 4) is 17.2 Å². The molecule has 1 saturated heterocycles. The van der Waals surface area contributed by atoms with Crippen LogP contribution in [0, 0.1) is 5.92 Å². The van der Waals surface area contributed by atoms with E-state index in [9.17, 15) is 0 Å². The van der Waals surface area contributed by atoms with Gasteiger partial charge >= 0.3 is 0 Å². The van der Waals surface area contributed by atoms with Crippen molar-refractivity contribution >= 4 is 29.9 Å². The number of likely N-dealkylation sites (tertiary alicyclic amines) is 1. The smallest absolute Gasteiger partial charge is 0.203 e. The minimum absolute atomic E-state index is 0. The molecule has 0 amide bonds. The Kier molecular flexibility index (Phi) is 12.9. The molecule has 172 valence electrons. The number of nitrogens with one attached hydrogen (secondary N) is 2. The van der Waals surface area contributed by atoms with E-state index in [1.54, 1.807) is 21.3 Å². The molecule has 1 aromatic carbocycles. The highest BCUT2D eigenvalue weighted by Gasteiger charge is 2.15. The van der Waals surface area contributed by atoms with Crippen LogP contribution in [0.15, 0.2) is 17.1 Å². The summed E-state index contributed by atoms with van der Waals surface area (Å²) in [6, 6.07) is 3.87. The zero-order valence-corrected chi connectivity index (χ0v) is 21.5. The van der Waals surface area contributed by atoms with E-state index in [1.165, 1.54) is 25.9 Å². The van der Waals surface area contributed by atoms with E-state index < -0.39 is 0 Å². The normalized spacial score (nSPS) is 17.1. The van der Waals surface area contributed by atoms with Gasteiger partial charge in [-0.25, -0.2) is 4.99 Å². The van der Waals surface area contributed by atoms with Crippen LogP contribution in [0.25, 0.3) is 0 Å². The number of benzene rings is 1. The summed E-state index contributed by atoms with van der Waals surface area (Å²) in [6.45, 7) is 10.3. The van der Waals surface area contributed by atoms with E-state index in [0.29, 0.717) is 23.8 Å². The van der Waals surface area contributed by atoms with Crippen molar-refractivity contribution in [3.05, 3.63) is 17.7 Å². The highest BCUT2D eigenvalue weighted by Crippen LogP contribution is 2.38. The van der Waals surface area contributed by atoms with Gasteiger partial charge in [-0.15, -0.1) is 24.0 Å². The highest BCUT2D eigenvalue weighted by molar-refractivity contribution is 14.0. The zero-order chi connectivity index (χ0) is 21.1. The summed E-state index contributed by atoms with van der Waals surface area (Å²) in [7, 11) is 4.86. The minimum Gasteiger partial charge on any atom is -0.493 e. The lowest BCUT2D eigenvalue weighted by atomic mass is 10.0. The molecular formula is C22H39IN4O3. The predicted molar refractivity (Wildman–Crippen MR) is 134 cm³/mol. The molecule has 2 N–H and O–H groups in total. The topological polar surface area (TPSA) is 67.4 Å². The molecule has 1 heterocycles. The molecule has 0 saturated carbocycles. The average molecular weight is 534 g/mol. The SMILES string of the molecule is CCNC(=NCc1cc(OC)c(OC)c(OC)c1)NCCCN1CCCC(C)C1.I. The molecular weight excluding hydrogens is 495 g/mol. The number of guanidine groups is 1. The van der Waals surface area contributed by atoms with E-state index in [0.717, 1.165) is 43.5 Å². The van der Waals surface area contributed by atoms with Crippen LogP contribution in [0.1, 0.15) is 38.7 Å². The maximum atomic E-state index is 5.43. The minimum atomic E-state index is 0. The molecule has 1 atom stereocenters. The molecule has 1 aliphatic heterocycles. The largest absolute Gasteiger partial charge is 0.493 e. The van der Waals surface area contributed by atoms with Crippen LogP contribution in [0.5, 0.6) is 17.2 Å². The van der Waals surface area contributed by atoms with Crippen molar-refractivity contribution in [2.45, 2.75) is 39.7 Å². The van der Waals surface area contributed by atoms with Gasteiger partial charge < -0.3 is 29.7 Å². The van der Waals surface area contributed by atoms with Crippen LogP contribution in [0.3, 0.4) is 0 Å². The summed E-state index contributed by atoms with van der Waals surface area (Å²) in [6.07, 6.45) is 3.81. The molecule has 0 bridgehead atoms. The van der Waals surface area contributed by atoms with Gasteiger partial charge in [0.15, 0.2) is 17.5 Å². The van der Waals surface area contributed by atoms with Gasteiger partial charge in [0, 0.05) is 19.6 Å². The van der Waals surface area contributed by atoms with Gasteiger partial charge in [0.2, 0.25) is 5.75 Å². The molecule has 30 heavy (non-hydrogen) atoms. The fourth-order valence-corrected chi connectivity index (χ4v) is 3.74. The van der Waals surface area contributed by atoms with E-state index in [4.69, 9.17) is 19.2 Å². The summed E-state index contributed by atoms with van der Waals surface area (Å²) < 4.78 is 16.2. The molecule has 0 aromatic heterocycles. The Morgan fingerprint density at radius 1 is 1.13 bits per heavy atom. The number of nitrogens with zero attached hydrogens (tertiary/aromatic N) is 2. The first-order valence-corrected chi connectivity index (χ1v) is 10.6. The van der Waals surface area contributed by atoms with Crippen molar-refractivity contribution < 1.29 is 14.2 Å². The molecule has 1 aromatic rings. The maximum Gasteiger partial charge on any atom is 0.203 e. The Labute approximate surface area is 199 Å². The lowest BCUT2D eigenvalue weighted by Gasteiger charge is -2.30. The van der Waals surface area contributed by atoms with Crippen LogP contribution in [0.2, 0.25) is 0 Å². The third kappa shape index (κ3) is 8.37. The molecule has 0 radical (unpaired) electrons. The number of rotatable bonds is 10. The van der Waals surface area contributed by atoms with Crippen LogP contribution >= 0.6 is 24.0 Å². The number of halogens is 1. The van der Waals surface area contributed by atoms with E-state index in [-0.39, 0.29) is 24.0 Å². The molecule has 0 aliphatic carbocycles. The number of methoxy groups -OCH3 is 3. The summed E-state index contributed by atoms with van der Waals surface area (Å²) >= 11 is 0. The first-order valence-electron chi connectivity index (χ1n) is 10.6. The predicted octanol–water partition coefficient (Wildman–Crippen LogP) is 3.51. The van der Waals surface area contributed by atoms with Crippen molar-refractivity contribution in [1.82, 2.24) is 15.5 Å². The first kappa shape index (κ1) is 26.6. The summed E-state index contributed by atoms with van der Waals surface area (Å²) in [5, 5.41) is 6.76.